The lowest BCUT2D eigenvalue weighted by Crippen LogP contribution is -2.55. The molecule has 0 aromatic carbocycles. The molecule has 0 amide bonds. The molecular weight excluding hydrogens is 340 g/mol. The monoisotopic (exact) mass is 386 g/mol. The highest BCUT2D eigenvalue weighted by Crippen LogP contribution is 2.50. The largest absolute Gasteiger partial charge is 0.239 e. The van der Waals surface area contributed by atoms with Gasteiger partial charge in [-0.05, 0) is 58.3 Å². The standard InChI is InChI=1S/C23H46O4/c1-10-15-21(8,12-3)24-26-23(17-14-19(5)18-20(23,6)7)27-25-22(9,13-4)16-11-2/h19H,10-18H2,1-9H3. The van der Waals surface area contributed by atoms with E-state index in [-0.39, 0.29) is 16.6 Å². The summed E-state index contributed by atoms with van der Waals surface area (Å²) in [7, 11) is 0. The van der Waals surface area contributed by atoms with Crippen molar-refractivity contribution in [2.45, 2.75) is 137 Å². The van der Waals surface area contributed by atoms with Crippen molar-refractivity contribution in [1.82, 2.24) is 0 Å². The molecule has 3 unspecified atom stereocenters. The second kappa shape index (κ2) is 10.0. The SMILES string of the molecule is CCCC(C)(CC)OOC1(OOC(C)(CC)CCC)CCC(C)CC1(C)C. The molecule has 4 nitrogen and oxygen atoms in total. The normalized spacial score (nSPS) is 29.9. The Labute approximate surface area is 168 Å². The average molecular weight is 387 g/mol. The molecule has 1 rings (SSSR count). The topological polar surface area (TPSA) is 36.9 Å². The van der Waals surface area contributed by atoms with Crippen molar-refractivity contribution >= 4 is 0 Å². The van der Waals surface area contributed by atoms with Crippen LogP contribution in [0.1, 0.15) is 120 Å². The molecule has 0 aliphatic heterocycles. The van der Waals surface area contributed by atoms with E-state index >= 15 is 0 Å². The molecule has 0 saturated heterocycles. The molecule has 1 aliphatic carbocycles. The highest BCUT2D eigenvalue weighted by Gasteiger charge is 2.55. The molecular formula is C23H46O4. The van der Waals surface area contributed by atoms with E-state index in [1.807, 2.05) is 0 Å². The second-order valence-electron chi connectivity index (χ2n) is 9.93. The Bertz CT molecular complexity index is 412. The summed E-state index contributed by atoms with van der Waals surface area (Å²) in [5, 5.41) is 0. The summed E-state index contributed by atoms with van der Waals surface area (Å²) in [6.07, 6.45) is 8.68. The zero-order valence-corrected chi connectivity index (χ0v) is 19.6. The van der Waals surface area contributed by atoms with Crippen molar-refractivity contribution in [3.63, 3.8) is 0 Å². The van der Waals surface area contributed by atoms with Gasteiger partial charge in [-0.3, -0.25) is 0 Å². The fourth-order valence-electron chi connectivity index (χ4n) is 4.17. The maximum Gasteiger partial charge on any atom is 0.239 e. The number of hydrogen-bond acceptors (Lipinski definition) is 4. The third-order valence-electron chi connectivity index (χ3n) is 6.66. The third-order valence-corrected chi connectivity index (χ3v) is 6.66. The van der Waals surface area contributed by atoms with Gasteiger partial charge < -0.3 is 0 Å². The molecule has 0 bridgehead atoms. The van der Waals surface area contributed by atoms with Crippen molar-refractivity contribution in [3.8, 4) is 0 Å². The molecule has 0 N–H and O–H groups in total. The maximum absolute atomic E-state index is 6.21. The quantitative estimate of drug-likeness (QED) is 0.199. The Hall–Kier alpha value is -0.160. The lowest BCUT2D eigenvalue weighted by atomic mass is 9.68. The van der Waals surface area contributed by atoms with Crippen LogP contribution in [0.4, 0.5) is 0 Å². The fraction of sp³-hybridized carbons (Fsp3) is 1.00. The molecule has 0 aromatic rings. The Balaban J connectivity index is 3.03. The average Bonchev–Trinajstić information content (AvgIpc) is 2.60. The van der Waals surface area contributed by atoms with E-state index in [0.29, 0.717) is 5.92 Å². The Morgan fingerprint density at radius 2 is 1.30 bits per heavy atom. The van der Waals surface area contributed by atoms with Gasteiger partial charge in [0.15, 0.2) is 0 Å². The predicted molar refractivity (Wildman–Crippen MR) is 111 cm³/mol. The van der Waals surface area contributed by atoms with Crippen molar-refractivity contribution < 1.29 is 19.6 Å². The summed E-state index contributed by atoms with van der Waals surface area (Å²) in [5.74, 6) is -0.241. The van der Waals surface area contributed by atoms with Crippen LogP contribution in [0, 0.1) is 11.3 Å². The summed E-state index contributed by atoms with van der Waals surface area (Å²) in [4.78, 5) is 24.6. The van der Waals surface area contributed by atoms with Gasteiger partial charge in [-0.1, -0.05) is 61.3 Å². The second-order valence-corrected chi connectivity index (χ2v) is 9.93. The van der Waals surface area contributed by atoms with E-state index in [1.54, 1.807) is 0 Å². The first-order valence-corrected chi connectivity index (χ1v) is 11.2. The van der Waals surface area contributed by atoms with Gasteiger partial charge in [-0.25, -0.2) is 9.78 Å². The van der Waals surface area contributed by atoms with Crippen molar-refractivity contribution in [2.75, 3.05) is 0 Å². The van der Waals surface area contributed by atoms with Gasteiger partial charge in [0.25, 0.3) is 0 Å². The van der Waals surface area contributed by atoms with Crippen molar-refractivity contribution in [1.29, 1.82) is 0 Å². The first kappa shape index (κ1) is 24.9. The van der Waals surface area contributed by atoms with Crippen LogP contribution >= 0.6 is 0 Å². The molecule has 0 heterocycles. The molecule has 3 atom stereocenters. The summed E-state index contributed by atoms with van der Waals surface area (Å²) in [6, 6.07) is 0. The molecule has 1 aliphatic rings. The summed E-state index contributed by atoms with van der Waals surface area (Å²) in [5.41, 5.74) is -0.810. The van der Waals surface area contributed by atoms with Gasteiger partial charge in [0.2, 0.25) is 5.79 Å². The highest BCUT2D eigenvalue weighted by molar-refractivity contribution is 4.92. The molecule has 1 fully saturated rings. The summed E-state index contributed by atoms with van der Waals surface area (Å²) in [6.45, 7) is 19.6. The minimum atomic E-state index is -0.881. The Morgan fingerprint density at radius 3 is 1.63 bits per heavy atom. The maximum atomic E-state index is 6.21. The molecule has 0 radical (unpaired) electrons. The molecule has 1 saturated carbocycles. The number of hydrogen-bond donors (Lipinski definition) is 0. The zero-order chi connectivity index (χ0) is 20.8. The predicted octanol–water partition coefficient (Wildman–Crippen LogP) is 7.36. The van der Waals surface area contributed by atoms with Crippen LogP contribution in [0.5, 0.6) is 0 Å². The van der Waals surface area contributed by atoms with E-state index in [0.717, 1.165) is 57.8 Å². The van der Waals surface area contributed by atoms with Crippen LogP contribution in [0.3, 0.4) is 0 Å². The molecule has 162 valence electrons. The van der Waals surface area contributed by atoms with Crippen molar-refractivity contribution in [2.24, 2.45) is 11.3 Å². The molecule has 0 aromatic heterocycles. The minimum absolute atomic E-state index is 0.202. The van der Waals surface area contributed by atoms with E-state index in [2.05, 4.69) is 62.3 Å². The third kappa shape index (κ3) is 6.42. The van der Waals surface area contributed by atoms with Gasteiger partial charge in [0.1, 0.15) is 11.2 Å². The minimum Gasteiger partial charge on any atom is -0.227 e. The fourth-order valence-corrected chi connectivity index (χ4v) is 4.17. The van der Waals surface area contributed by atoms with Crippen LogP contribution < -0.4 is 0 Å². The van der Waals surface area contributed by atoms with Gasteiger partial charge >= 0.3 is 0 Å². The van der Waals surface area contributed by atoms with Gasteiger partial charge in [-0.15, -0.1) is 0 Å². The van der Waals surface area contributed by atoms with Crippen LogP contribution in [0.15, 0.2) is 0 Å². The Kier molecular flexibility index (Phi) is 9.26. The smallest absolute Gasteiger partial charge is 0.227 e. The number of rotatable bonds is 12. The van der Waals surface area contributed by atoms with Crippen LogP contribution in [-0.4, -0.2) is 17.0 Å². The van der Waals surface area contributed by atoms with E-state index in [9.17, 15) is 0 Å². The lowest BCUT2D eigenvalue weighted by Gasteiger charge is -2.50. The van der Waals surface area contributed by atoms with Crippen molar-refractivity contribution in [3.05, 3.63) is 0 Å². The first-order valence-electron chi connectivity index (χ1n) is 11.2. The first-order chi connectivity index (χ1) is 12.5. The highest BCUT2D eigenvalue weighted by atomic mass is 17.3. The van der Waals surface area contributed by atoms with Gasteiger partial charge in [-0.2, -0.15) is 9.78 Å². The summed E-state index contributed by atoms with van der Waals surface area (Å²) < 4.78 is 0. The lowest BCUT2D eigenvalue weighted by molar-refractivity contribution is -0.571. The van der Waals surface area contributed by atoms with Crippen LogP contribution in [0.25, 0.3) is 0 Å². The molecule has 4 heteroatoms. The van der Waals surface area contributed by atoms with E-state index in [4.69, 9.17) is 19.6 Å². The van der Waals surface area contributed by atoms with E-state index in [1.165, 1.54) is 0 Å². The van der Waals surface area contributed by atoms with Gasteiger partial charge in [0, 0.05) is 11.8 Å². The van der Waals surface area contributed by atoms with E-state index < -0.39 is 5.79 Å². The van der Waals surface area contributed by atoms with Crippen LogP contribution in [-0.2, 0) is 19.6 Å². The molecule has 0 spiro atoms. The van der Waals surface area contributed by atoms with Gasteiger partial charge in [0.05, 0.1) is 0 Å². The Morgan fingerprint density at radius 1 is 0.852 bits per heavy atom. The molecule has 27 heavy (non-hydrogen) atoms. The summed E-state index contributed by atoms with van der Waals surface area (Å²) >= 11 is 0. The van der Waals surface area contributed by atoms with Crippen LogP contribution in [0.2, 0.25) is 0 Å². The zero-order valence-electron chi connectivity index (χ0n) is 19.6.